The van der Waals surface area contributed by atoms with Crippen LogP contribution in [-0.2, 0) is 0 Å². The van der Waals surface area contributed by atoms with Crippen LogP contribution >= 0.6 is 11.3 Å². The summed E-state index contributed by atoms with van der Waals surface area (Å²) >= 11 is 1.82. The van der Waals surface area contributed by atoms with Gasteiger partial charge in [-0.25, -0.2) is 4.98 Å². The minimum absolute atomic E-state index is 0.163. The summed E-state index contributed by atoms with van der Waals surface area (Å²) in [6.07, 6.45) is 8.70. The van der Waals surface area contributed by atoms with E-state index in [2.05, 4.69) is 49.7 Å². The van der Waals surface area contributed by atoms with Crippen molar-refractivity contribution < 1.29 is 9.21 Å². The van der Waals surface area contributed by atoms with E-state index >= 15 is 0 Å². The number of nitrogens with one attached hydrogen (secondary N) is 1. The minimum atomic E-state index is -0.190. The molecule has 1 aliphatic carbocycles. The highest BCUT2D eigenvalue weighted by molar-refractivity contribution is 7.17. The van der Waals surface area contributed by atoms with Gasteiger partial charge in [0.15, 0.2) is 0 Å². The van der Waals surface area contributed by atoms with Crippen molar-refractivity contribution in [3.63, 3.8) is 0 Å². The van der Waals surface area contributed by atoms with Gasteiger partial charge in [-0.15, -0.1) is 11.3 Å². The average Bonchev–Trinajstić information content (AvgIpc) is 3.51. The zero-order valence-corrected chi connectivity index (χ0v) is 18.7. The highest BCUT2D eigenvalue weighted by Crippen LogP contribution is 2.31. The van der Waals surface area contributed by atoms with Crippen molar-refractivity contribution in [1.29, 1.82) is 0 Å². The molecule has 1 aromatic carbocycles. The molecule has 7 heteroatoms. The number of hydrogen-bond donors (Lipinski definition) is 1. The number of rotatable bonds is 6. The van der Waals surface area contributed by atoms with E-state index in [0.717, 1.165) is 44.9 Å². The first-order valence-corrected chi connectivity index (χ1v) is 12.3. The largest absolute Gasteiger partial charge is 0.441 e. The third-order valence-corrected chi connectivity index (χ3v) is 7.73. The summed E-state index contributed by atoms with van der Waals surface area (Å²) in [4.78, 5) is 21.2. The Morgan fingerprint density at radius 1 is 1.13 bits per heavy atom. The molecule has 164 valence electrons. The Bertz CT molecular complexity index is 986. The van der Waals surface area contributed by atoms with E-state index in [1.54, 1.807) is 0 Å². The predicted octanol–water partition coefficient (Wildman–Crippen LogP) is 4.39. The zero-order chi connectivity index (χ0) is 21.0. The monoisotopic (exact) mass is 438 g/mol. The lowest BCUT2D eigenvalue weighted by Gasteiger charge is -2.37. The van der Waals surface area contributed by atoms with E-state index < -0.39 is 0 Å². The van der Waals surface area contributed by atoms with Gasteiger partial charge in [0.1, 0.15) is 6.26 Å². The smallest absolute Gasteiger partial charge is 0.307 e. The van der Waals surface area contributed by atoms with Crippen LogP contribution in [0.3, 0.4) is 0 Å². The molecule has 0 radical (unpaired) electrons. The van der Waals surface area contributed by atoms with E-state index in [4.69, 9.17) is 4.42 Å². The quantitative estimate of drug-likeness (QED) is 0.618. The molecular formula is C24H30N4O2S. The molecule has 0 atom stereocenters. The Kier molecular flexibility index (Phi) is 6.22. The zero-order valence-electron chi connectivity index (χ0n) is 17.8. The molecule has 2 aliphatic rings. The maximum absolute atomic E-state index is 12.1. The fourth-order valence-electron chi connectivity index (χ4n) is 5.01. The lowest BCUT2D eigenvalue weighted by atomic mass is 9.84. The van der Waals surface area contributed by atoms with Crippen molar-refractivity contribution in [2.75, 3.05) is 37.6 Å². The van der Waals surface area contributed by atoms with Crippen LogP contribution in [0, 0.1) is 5.92 Å². The number of aromatic nitrogens is 1. The summed E-state index contributed by atoms with van der Waals surface area (Å²) in [7, 11) is 0. The van der Waals surface area contributed by atoms with Crippen LogP contribution < -0.4 is 10.2 Å². The maximum Gasteiger partial charge on any atom is 0.307 e. The molecule has 1 aliphatic heterocycles. The van der Waals surface area contributed by atoms with Crippen LogP contribution in [0.25, 0.3) is 10.1 Å². The minimum Gasteiger partial charge on any atom is -0.441 e. The van der Waals surface area contributed by atoms with Crippen molar-refractivity contribution in [3.05, 3.63) is 48.0 Å². The summed E-state index contributed by atoms with van der Waals surface area (Å²) in [6, 6.07) is 9.17. The lowest BCUT2D eigenvalue weighted by molar-refractivity contribution is 0.0884. The molecule has 31 heavy (non-hydrogen) atoms. The van der Waals surface area contributed by atoms with Gasteiger partial charge in [0.05, 0.1) is 6.20 Å². The predicted molar refractivity (Wildman–Crippen MR) is 125 cm³/mol. The maximum atomic E-state index is 12.1. The van der Waals surface area contributed by atoms with Gasteiger partial charge in [-0.05, 0) is 68.1 Å². The first-order chi connectivity index (χ1) is 15.3. The van der Waals surface area contributed by atoms with E-state index in [-0.39, 0.29) is 17.8 Å². The van der Waals surface area contributed by atoms with Crippen LogP contribution in [0.2, 0.25) is 0 Å². The third-order valence-electron chi connectivity index (χ3n) is 6.85. The number of carbonyl (C=O) groups excluding carboxylic acids is 1. The summed E-state index contributed by atoms with van der Waals surface area (Å²) in [5.41, 5.74) is 1.39. The van der Waals surface area contributed by atoms with E-state index in [9.17, 15) is 4.79 Å². The van der Waals surface area contributed by atoms with Crippen molar-refractivity contribution in [2.45, 2.75) is 38.1 Å². The number of hydrogen-bond acceptors (Lipinski definition) is 6. The molecule has 1 saturated heterocycles. The number of carbonyl (C=O) groups is 1. The van der Waals surface area contributed by atoms with Crippen LogP contribution in [0.5, 0.6) is 0 Å². The average molecular weight is 439 g/mol. The molecule has 0 unspecified atom stereocenters. The number of anilines is 1. The van der Waals surface area contributed by atoms with E-state index in [0.29, 0.717) is 0 Å². The second-order valence-electron chi connectivity index (χ2n) is 8.76. The fraction of sp³-hybridized carbons (Fsp3) is 0.500. The summed E-state index contributed by atoms with van der Waals surface area (Å²) in [6.45, 7) is 5.68. The molecule has 1 amide bonds. The van der Waals surface area contributed by atoms with Crippen molar-refractivity contribution >= 4 is 33.0 Å². The SMILES string of the molecule is O=C(NC1CCC(CCN2CCN(c3cccc4sccc34)CC2)CC1)c1ncco1. The normalized spacial score (nSPS) is 22.6. The molecule has 6 nitrogen and oxygen atoms in total. The summed E-state index contributed by atoms with van der Waals surface area (Å²) in [5.74, 6) is 0.744. The first-order valence-electron chi connectivity index (χ1n) is 11.4. The Balaban J connectivity index is 1.03. The van der Waals surface area contributed by atoms with Gasteiger partial charge in [0, 0.05) is 48.0 Å². The lowest BCUT2D eigenvalue weighted by Crippen LogP contribution is -2.47. The molecule has 2 aromatic heterocycles. The number of nitrogens with zero attached hydrogens (tertiary/aromatic N) is 3. The van der Waals surface area contributed by atoms with Gasteiger partial charge in [0.25, 0.3) is 5.89 Å². The Labute approximate surface area is 187 Å². The van der Waals surface area contributed by atoms with Crippen LogP contribution in [0.1, 0.15) is 42.8 Å². The molecule has 5 rings (SSSR count). The topological polar surface area (TPSA) is 61.6 Å². The molecule has 0 spiro atoms. The molecule has 2 fully saturated rings. The van der Waals surface area contributed by atoms with Crippen LogP contribution in [-0.4, -0.2) is 54.6 Å². The first kappa shape index (κ1) is 20.5. The Morgan fingerprint density at radius 2 is 1.97 bits per heavy atom. The van der Waals surface area contributed by atoms with Crippen molar-refractivity contribution in [3.8, 4) is 0 Å². The molecular weight excluding hydrogens is 408 g/mol. The fourth-order valence-corrected chi connectivity index (χ4v) is 5.82. The number of piperazine rings is 1. The van der Waals surface area contributed by atoms with E-state index in [1.807, 2.05) is 11.3 Å². The van der Waals surface area contributed by atoms with Crippen LogP contribution in [0.4, 0.5) is 5.69 Å². The molecule has 1 N–H and O–H groups in total. The second-order valence-corrected chi connectivity index (χ2v) is 9.70. The molecule has 1 saturated carbocycles. The molecule has 3 heterocycles. The van der Waals surface area contributed by atoms with E-state index in [1.165, 1.54) is 54.0 Å². The number of amides is 1. The number of benzene rings is 1. The van der Waals surface area contributed by atoms with Gasteiger partial charge in [0.2, 0.25) is 0 Å². The highest BCUT2D eigenvalue weighted by Gasteiger charge is 2.25. The van der Waals surface area contributed by atoms with Gasteiger partial charge in [-0.1, -0.05) is 6.07 Å². The van der Waals surface area contributed by atoms with Crippen molar-refractivity contribution in [2.24, 2.45) is 5.92 Å². The highest BCUT2D eigenvalue weighted by atomic mass is 32.1. The number of fused-ring (bicyclic) bond motifs is 1. The van der Waals surface area contributed by atoms with Gasteiger partial charge >= 0.3 is 5.91 Å². The van der Waals surface area contributed by atoms with Crippen molar-refractivity contribution in [1.82, 2.24) is 15.2 Å². The van der Waals surface area contributed by atoms with Gasteiger partial charge < -0.3 is 14.6 Å². The Hall–Kier alpha value is -2.38. The second kappa shape index (κ2) is 9.40. The number of thiophene rings is 1. The number of oxazole rings is 1. The third kappa shape index (κ3) is 4.77. The summed E-state index contributed by atoms with van der Waals surface area (Å²) < 4.78 is 6.47. The molecule has 3 aromatic rings. The van der Waals surface area contributed by atoms with Gasteiger partial charge in [-0.3, -0.25) is 9.69 Å². The Morgan fingerprint density at radius 3 is 2.74 bits per heavy atom. The van der Waals surface area contributed by atoms with Crippen LogP contribution in [0.15, 0.2) is 46.5 Å². The molecule has 0 bridgehead atoms. The standard InChI is InChI=1S/C24H30N4O2S/c29-23(24-25-10-16-30-24)26-19-6-4-18(5-7-19)8-11-27-12-14-28(15-13-27)21-2-1-3-22-20(21)9-17-31-22/h1-3,9-10,16-19H,4-8,11-15H2,(H,26,29). The van der Waals surface area contributed by atoms with Gasteiger partial charge in [-0.2, -0.15) is 0 Å². The summed E-state index contributed by atoms with van der Waals surface area (Å²) in [5, 5.41) is 6.66.